The number of nitrogens with one attached hydrogen (secondary N) is 1. The second kappa shape index (κ2) is 11.8. The van der Waals surface area contributed by atoms with E-state index in [1.807, 2.05) is 6.07 Å². The van der Waals surface area contributed by atoms with Crippen molar-refractivity contribution in [3.8, 4) is 5.75 Å². The Labute approximate surface area is 164 Å². The van der Waals surface area contributed by atoms with Crippen molar-refractivity contribution in [3.63, 3.8) is 0 Å². The minimum atomic E-state index is -4.48. The van der Waals surface area contributed by atoms with Gasteiger partial charge in [-0.15, -0.1) is 24.8 Å². The number of rotatable bonds is 8. The lowest BCUT2D eigenvalue weighted by molar-refractivity contribution is -0.253. The molecule has 0 amide bonds. The minimum absolute atomic E-state index is 0. The van der Waals surface area contributed by atoms with Gasteiger partial charge in [-0.2, -0.15) is 17.6 Å². The molecule has 0 saturated carbocycles. The van der Waals surface area contributed by atoms with Crippen LogP contribution in [0.5, 0.6) is 5.75 Å². The molecule has 0 aromatic heterocycles. The first-order chi connectivity index (χ1) is 11.4. The Morgan fingerprint density at radius 1 is 1.19 bits per heavy atom. The van der Waals surface area contributed by atoms with Crippen LogP contribution in [0.15, 0.2) is 24.3 Å². The van der Waals surface area contributed by atoms with E-state index in [0.717, 1.165) is 51.0 Å². The number of hydrogen-bond acceptors (Lipinski definition) is 3. The van der Waals surface area contributed by atoms with Gasteiger partial charge >= 0.3 is 12.5 Å². The number of benzene rings is 1. The van der Waals surface area contributed by atoms with Gasteiger partial charge in [-0.05, 0) is 24.1 Å². The van der Waals surface area contributed by atoms with E-state index in [9.17, 15) is 17.6 Å². The van der Waals surface area contributed by atoms with E-state index in [1.165, 1.54) is 12.1 Å². The minimum Gasteiger partial charge on any atom is -0.428 e. The average molecular weight is 421 g/mol. The van der Waals surface area contributed by atoms with Crippen LogP contribution in [0.1, 0.15) is 37.8 Å². The maximum atomic E-state index is 13.1. The average Bonchev–Trinajstić information content (AvgIpc) is 2.56. The third kappa shape index (κ3) is 7.10. The molecule has 1 N–H and O–H groups in total. The van der Waals surface area contributed by atoms with Crippen LogP contribution in [0.25, 0.3) is 0 Å². The number of halogens is 6. The van der Waals surface area contributed by atoms with Crippen molar-refractivity contribution in [1.82, 2.24) is 10.2 Å². The van der Waals surface area contributed by atoms with Crippen molar-refractivity contribution in [2.75, 3.05) is 26.2 Å². The molecule has 0 radical (unpaired) electrons. The highest BCUT2D eigenvalue weighted by Crippen LogP contribution is 2.32. The smallest absolute Gasteiger partial charge is 0.428 e. The Bertz CT molecular complexity index is 517. The predicted molar refractivity (Wildman–Crippen MR) is 99.2 cm³/mol. The Kier molecular flexibility index (Phi) is 11.5. The van der Waals surface area contributed by atoms with Crippen molar-refractivity contribution in [2.24, 2.45) is 0 Å². The van der Waals surface area contributed by atoms with Crippen LogP contribution in [0.4, 0.5) is 17.6 Å². The second-order valence-corrected chi connectivity index (χ2v) is 5.98. The molecular weight excluding hydrogens is 395 g/mol. The monoisotopic (exact) mass is 420 g/mol. The van der Waals surface area contributed by atoms with E-state index in [4.69, 9.17) is 0 Å². The Morgan fingerprint density at radius 2 is 1.85 bits per heavy atom. The van der Waals surface area contributed by atoms with Crippen LogP contribution in [0.3, 0.4) is 0 Å². The van der Waals surface area contributed by atoms with Crippen LogP contribution in [-0.4, -0.2) is 43.6 Å². The number of nitrogens with zero attached hydrogens (tertiary/aromatic N) is 1. The van der Waals surface area contributed by atoms with Crippen molar-refractivity contribution in [2.45, 2.75) is 44.8 Å². The normalized spacial score (nSPS) is 16.5. The first kappa shape index (κ1) is 25.2. The summed E-state index contributed by atoms with van der Waals surface area (Å²) < 4.78 is 55.1. The number of hydrogen-bond donors (Lipinski definition) is 1. The van der Waals surface area contributed by atoms with Gasteiger partial charge in [-0.1, -0.05) is 31.9 Å². The third-order valence-electron chi connectivity index (χ3n) is 4.17. The van der Waals surface area contributed by atoms with Crippen molar-refractivity contribution < 1.29 is 22.3 Å². The van der Waals surface area contributed by atoms with Gasteiger partial charge in [-0.3, -0.25) is 4.90 Å². The fourth-order valence-electron chi connectivity index (χ4n) is 2.94. The summed E-state index contributed by atoms with van der Waals surface area (Å²) in [6, 6.07) is 6.24. The van der Waals surface area contributed by atoms with Gasteiger partial charge in [0.25, 0.3) is 0 Å². The van der Waals surface area contributed by atoms with E-state index in [1.54, 1.807) is 6.07 Å². The molecule has 26 heavy (non-hydrogen) atoms. The van der Waals surface area contributed by atoms with Crippen LogP contribution in [-0.2, 0) is 0 Å². The Balaban J connectivity index is 0.00000312. The lowest BCUT2D eigenvalue weighted by Gasteiger charge is -2.35. The largest absolute Gasteiger partial charge is 0.461 e. The fourth-order valence-corrected chi connectivity index (χ4v) is 2.94. The Morgan fingerprint density at radius 3 is 2.42 bits per heavy atom. The first-order valence-electron chi connectivity index (χ1n) is 8.33. The predicted octanol–water partition coefficient (Wildman–Crippen LogP) is 4.90. The summed E-state index contributed by atoms with van der Waals surface area (Å²) >= 11 is 0. The molecule has 1 aromatic carbocycles. The summed E-state index contributed by atoms with van der Waals surface area (Å²) in [5, 5.41) is 3.28. The highest BCUT2D eigenvalue weighted by molar-refractivity contribution is 5.85. The van der Waals surface area contributed by atoms with Crippen molar-refractivity contribution in [3.05, 3.63) is 29.8 Å². The standard InChI is InChI=1S/C17H24F4N2O.2ClH/c1-2-3-7-15(23-10-8-22-9-11-23)13-5-4-6-14(12-13)24-17(20,21)16(18)19;;/h4-6,12,15-16,22H,2-3,7-11H2,1H3;2*1H/t15-;;/m1../s1. The van der Waals surface area contributed by atoms with Gasteiger partial charge in [0.05, 0.1) is 0 Å². The lowest BCUT2D eigenvalue weighted by atomic mass is 9.98. The summed E-state index contributed by atoms with van der Waals surface area (Å²) in [6.45, 7) is 5.58. The summed E-state index contributed by atoms with van der Waals surface area (Å²) in [7, 11) is 0. The molecule has 1 atom stereocenters. The maximum absolute atomic E-state index is 13.1. The molecule has 0 aliphatic carbocycles. The molecule has 152 valence electrons. The Hall–Kier alpha value is -0.760. The topological polar surface area (TPSA) is 24.5 Å². The molecule has 1 aliphatic heterocycles. The van der Waals surface area contributed by atoms with E-state index < -0.39 is 12.5 Å². The van der Waals surface area contributed by atoms with Crippen LogP contribution < -0.4 is 10.1 Å². The molecule has 2 rings (SSSR count). The number of alkyl halides is 4. The molecule has 1 aromatic rings. The molecular formula is C17H26Cl2F4N2O. The van der Waals surface area contributed by atoms with Gasteiger partial charge < -0.3 is 10.1 Å². The van der Waals surface area contributed by atoms with Crippen LogP contribution in [0.2, 0.25) is 0 Å². The van der Waals surface area contributed by atoms with Gasteiger partial charge in [-0.25, -0.2) is 0 Å². The zero-order chi connectivity index (χ0) is 17.6. The zero-order valence-electron chi connectivity index (χ0n) is 14.6. The summed E-state index contributed by atoms with van der Waals surface area (Å²) in [4.78, 5) is 2.30. The third-order valence-corrected chi connectivity index (χ3v) is 4.17. The molecule has 1 fully saturated rings. The molecule has 1 aliphatic rings. The zero-order valence-corrected chi connectivity index (χ0v) is 16.2. The SMILES string of the molecule is CCCC[C@H](c1cccc(OC(F)(F)C(F)F)c1)N1CCNCC1.Cl.Cl. The molecule has 0 unspecified atom stereocenters. The maximum Gasteiger partial charge on any atom is 0.461 e. The molecule has 0 spiro atoms. The van der Waals surface area contributed by atoms with E-state index in [2.05, 4.69) is 21.9 Å². The number of ether oxygens (including phenoxy) is 1. The van der Waals surface area contributed by atoms with Gasteiger partial charge in [0.1, 0.15) is 5.75 Å². The summed E-state index contributed by atoms with van der Waals surface area (Å²) in [5.74, 6) is -0.227. The van der Waals surface area contributed by atoms with Gasteiger partial charge in [0.2, 0.25) is 0 Å². The molecule has 1 heterocycles. The number of piperazine rings is 1. The quantitative estimate of drug-likeness (QED) is 0.605. The van der Waals surface area contributed by atoms with E-state index >= 15 is 0 Å². The fraction of sp³-hybridized carbons (Fsp3) is 0.647. The van der Waals surface area contributed by atoms with E-state index in [-0.39, 0.29) is 36.6 Å². The molecule has 9 heteroatoms. The second-order valence-electron chi connectivity index (χ2n) is 5.98. The highest BCUT2D eigenvalue weighted by atomic mass is 35.5. The summed E-state index contributed by atoms with van der Waals surface area (Å²) in [5.41, 5.74) is 0.827. The van der Waals surface area contributed by atoms with Crippen molar-refractivity contribution in [1.29, 1.82) is 0 Å². The van der Waals surface area contributed by atoms with Crippen LogP contribution in [0, 0.1) is 0 Å². The highest BCUT2D eigenvalue weighted by Gasteiger charge is 2.44. The molecule has 3 nitrogen and oxygen atoms in total. The van der Waals surface area contributed by atoms with Gasteiger partial charge in [0.15, 0.2) is 0 Å². The first-order valence-corrected chi connectivity index (χ1v) is 8.33. The van der Waals surface area contributed by atoms with E-state index in [0.29, 0.717) is 0 Å². The van der Waals surface area contributed by atoms with Crippen LogP contribution >= 0.6 is 24.8 Å². The molecule has 1 saturated heterocycles. The summed E-state index contributed by atoms with van der Waals surface area (Å²) in [6.07, 6.45) is -5.41. The van der Waals surface area contributed by atoms with Gasteiger partial charge in [0, 0.05) is 32.2 Å². The lowest BCUT2D eigenvalue weighted by Crippen LogP contribution is -2.45. The van der Waals surface area contributed by atoms with Crippen molar-refractivity contribution >= 4 is 24.8 Å². The number of unbranched alkanes of at least 4 members (excludes halogenated alkanes) is 1. The molecule has 0 bridgehead atoms.